The van der Waals surface area contributed by atoms with Crippen LogP contribution in [0.15, 0.2) is 6.20 Å². The van der Waals surface area contributed by atoms with E-state index in [0.29, 0.717) is 31.1 Å². The number of hydrogen-bond acceptors (Lipinski definition) is 6. The largest absolute Gasteiger partial charge is 0.474 e. The second-order valence-electron chi connectivity index (χ2n) is 10.7. The number of carbonyl (C=O) groups is 1. The van der Waals surface area contributed by atoms with Crippen molar-refractivity contribution in [2.24, 2.45) is 0 Å². The predicted octanol–water partition coefficient (Wildman–Crippen LogP) is 5.78. The Balaban J connectivity index is 1.65. The SMILES string of the molecule is CN(C(=O)OC(C)(C)C)[C@H]1C[C@H](Oc2nc(Cl)nc3c2c(I)cn3COCC[Si](C)(C)C)C1. The molecule has 2 heterocycles. The van der Waals surface area contributed by atoms with Gasteiger partial charge in [-0.2, -0.15) is 9.97 Å². The molecule has 0 N–H and O–H groups in total. The summed E-state index contributed by atoms with van der Waals surface area (Å²) < 4.78 is 20.5. The fourth-order valence-corrected chi connectivity index (χ4v) is 5.12. The van der Waals surface area contributed by atoms with Crippen molar-refractivity contribution in [3.8, 4) is 5.88 Å². The Hall–Kier alpha value is -1.11. The van der Waals surface area contributed by atoms with Crippen LogP contribution in [-0.2, 0) is 16.2 Å². The minimum atomic E-state index is -1.15. The molecule has 1 fully saturated rings. The van der Waals surface area contributed by atoms with Crippen LogP contribution in [0.2, 0.25) is 31.0 Å². The van der Waals surface area contributed by atoms with Gasteiger partial charge in [0.1, 0.15) is 18.4 Å². The highest BCUT2D eigenvalue weighted by molar-refractivity contribution is 14.1. The van der Waals surface area contributed by atoms with E-state index in [1.165, 1.54) is 0 Å². The summed E-state index contributed by atoms with van der Waals surface area (Å²) in [6.07, 6.45) is 3.02. The molecule has 0 unspecified atom stereocenters. The summed E-state index contributed by atoms with van der Waals surface area (Å²) in [4.78, 5) is 22.7. The topological polar surface area (TPSA) is 78.7 Å². The van der Waals surface area contributed by atoms with Gasteiger partial charge in [0.05, 0.1) is 5.39 Å². The van der Waals surface area contributed by atoms with Crippen molar-refractivity contribution in [3.05, 3.63) is 15.1 Å². The lowest BCUT2D eigenvalue weighted by Gasteiger charge is -2.40. The highest BCUT2D eigenvalue weighted by Crippen LogP contribution is 2.35. The number of halogens is 2. The molecular weight excluding hydrogens is 575 g/mol. The van der Waals surface area contributed by atoms with Gasteiger partial charge in [-0.3, -0.25) is 0 Å². The van der Waals surface area contributed by atoms with Crippen LogP contribution < -0.4 is 4.74 Å². The van der Waals surface area contributed by atoms with E-state index in [4.69, 9.17) is 25.8 Å². The van der Waals surface area contributed by atoms with E-state index in [2.05, 4.69) is 52.2 Å². The number of aromatic nitrogens is 3. The molecular formula is C22H34ClIN4O4Si. The molecule has 184 valence electrons. The van der Waals surface area contributed by atoms with E-state index < -0.39 is 13.7 Å². The summed E-state index contributed by atoms with van der Waals surface area (Å²) in [5.74, 6) is 0.471. The number of amides is 1. The third-order valence-corrected chi connectivity index (χ3v) is 8.10. The Labute approximate surface area is 215 Å². The Morgan fingerprint density at radius 1 is 1.30 bits per heavy atom. The molecule has 2 aromatic heterocycles. The number of ether oxygens (including phenoxy) is 3. The smallest absolute Gasteiger partial charge is 0.410 e. The van der Waals surface area contributed by atoms with Crippen LogP contribution in [0.3, 0.4) is 0 Å². The summed E-state index contributed by atoms with van der Waals surface area (Å²) in [5.41, 5.74) is 0.181. The molecule has 11 heteroatoms. The number of fused-ring (bicyclic) bond motifs is 1. The van der Waals surface area contributed by atoms with Gasteiger partial charge in [0.2, 0.25) is 11.2 Å². The summed E-state index contributed by atoms with van der Waals surface area (Å²) in [5, 5.41) is 0.967. The molecule has 1 amide bonds. The Bertz CT molecular complexity index is 999. The minimum Gasteiger partial charge on any atom is -0.474 e. The molecule has 0 bridgehead atoms. The van der Waals surface area contributed by atoms with Gasteiger partial charge in [-0.1, -0.05) is 19.6 Å². The first-order chi connectivity index (χ1) is 15.2. The van der Waals surface area contributed by atoms with Crippen molar-refractivity contribution in [1.29, 1.82) is 0 Å². The monoisotopic (exact) mass is 608 g/mol. The average Bonchev–Trinajstić information content (AvgIpc) is 2.94. The molecule has 0 radical (unpaired) electrons. The molecule has 33 heavy (non-hydrogen) atoms. The molecule has 0 aromatic carbocycles. The van der Waals surface area contributed by atoms with Crippen LogP contribution in [0.4, 0.5) is 4.79 Å². The number of hydrogen-bond donors (Lipinski definition) is 0. The Morgan fingerprint density at radius 3 is 2.58 bits per heavy atom. The van der Waals surface area contributed by atoms with Crippen LogP contribution in [0.25, 0.3) is 11.0 Å². The first kappa shape index (κ1) is 26.5. The molecule has 1 aliphatic carbocycles. The van der Waals surface area contributed by atoms with Crippen molar-refractivity contribution < 1.29 is 19.0 Å². The summed E-state index contributed by atoms with van der Waals surface area (Å²) >= 11 is 8.49. The highest BCUT2D eigenvalue weighted by atomic mass is 127. The number of nitrogens with zero attached hydrogens (tertiary/aromatic N) is 4. The van der Waals surface area contributed by atoms with Crippen molar-refractivity contribution >= 4 is 59.4 Å². The predicted molar refractivity (Wildman–Crippen MR) is 141 cm³/mol. The van der Waals surface area contributed by atoms with Crippen molar-refractivity contribution in [2.75, 3.05) is 13.7 Å². The molecule has 0 aliphatic heterocycles. The van der Waals surface area contributed by atoms with E-state index in [9.17, 15) is 4.79 Å². The number of carbonyl (C=O) groups excluding carboxylic acids is 1. The van der Waals surface area contributed by atoms with Crippen LogP contribution in [0.1, 0.15) is 33.6 Å². The molecule has 0 atom stereocenters. The zero-order valence-electron chi connectivity index (χ0n) is 20.4. The van der Waals surface area contributed by atoms with Gasteiger partial charge in [0, 0.05) is 50.4 Å². The zero-order valence-corrected chi connectivity index (χ0v) is 24.4. The molecule has 1 saturated carbocycles. The third-order valence-electron chi connectivity index (χ3n) is 5.41. The first-order valence-corrected chi connectivity index (χ1v) is 16.3. The second-order valence-corrected chi connectivity index (χ2v) is 17.9. The van der Waals surface area contributed by atoms with Gasteiger partial charge in [0.15, 0.2) is 5.65 Å². The summed E-state index contributed by atoms with van der Waals surface area (Å²) in [6, 6.07) is 1.18. The Kier molecular flexibility index (Phi) is 8.23. The zero-order chi connectivity index (χ0) is 24.6. The lowest BCUT2D eigenvalue weighted by atomic mass is 9.88. The lowest BCUT2D eigenvalue weighted by Crippen LogP contribution is -2.51. The fraction of sp³-hybridized carbons (Fsp3) is 0.682. The quantitative estimate of drug-likeness (QED) is 0.164. The molecule has 1 aliphatic rings. The van der Waals surface area contributed by atoms with E-state index in [0.717, 1.165) is 21.6 Å². The van der Waals surface area contributed by atoms with Crippen molar-refractivity contribution in [1.82, 2.24) is 19.4 Å². The average molecular weight is 609 g/mol. The van der Waals surface area contributed by atoms with Gasteiger partial charge in [-0.05, 0) is 61.0 Å². The maximum absolute atomic E-state index is 12.3. The molecule has 2 aromatic rings. The molecule has 3 rings (SSSR count). The van der Waals surface area contributed by atoms with Crippen molar-refractivity contribution in [3.63, 3.8) is 0 Å². The number of rotatable bonds is 8. The van der Waals surface area contributed by atoms with E-state index in [1.54, 1.807) is 11.9 Å². The van der Waals surface area contributed by atoms with E-state index >= 15 is 0 Å². The van der Waals surface area contributed by atoms with Crippen LogP contribution in [0.5, 0.6) is 5.88 Å². The van der Waals surface area contributed by atoms with Gasteiger partial charge >= 0.3 is 6.09 Å². The second kappa shape index (κ2) is 10.2. The first-order valence-electron chi connectivity index (χ1n) is 11.2. The summed E-state index contributed by atoms with van der Waals surface area (Å²) in [6.45, 7) is 13.7. The van der Waals surface area contributed by atoms with E-state index in [-0.39, 0.29) is 23.5 Å². The Morgan fingerprint density at radius 2 is 1.97 bits per heavy atom. The lowest BCUT2D eigenvalue weighted by molar-refractivity contribution is -0.00931. The maximum Gasteiger partial charge on any atom is 0.410 e. The maximum atomic E-state index is 12.3. The third kappa shape index (κ3) is 7.19. The van der Waals surface area contributed by atoms with Crippen LogP contribution in [-0.4, -0.2) is 65.0 Å². The van der Waals surface area contributed by atoms with Gasteiger partial charge in [-0.25, -0.2) is 4.79 Å². The van der Waals surface area contributed by atoms with Gasteiger partial charge in [0.25, 0.3) is 0 Å². The molecule has 0 spiro atoms. The summed E-state index contributed by atoms with van der Waals surface area (Å²) in [7, 11) is 0.618. The molecule has 0 saturated heterocycles. The van der Waals surface area contributed by atoms with Crippen molar-refractivity contribution in [2.45, 2.75) is 83.8 Å². The molecule has 8 nitrogen and oxygen atoms in total. The minimum absolute atomic E-state index is 0.0544. The fourth-order valence-electron chi connectivity index (χ4n) is 3.40. The van der Waals surface area contributed by atoms with Gasteiger partial charge < -0.3 is 23.7 Å². The van der Waals surface area contributed by atoms with Gasteiger partial charge in [-0.15, -0.1) is 0 Å². The normalized spacial score (nSPS) is 18.8. The standard InChI is InChI=1S/C22H34ClIN4O4Si/c1-22(2,3)32-21(29)27(4)14-10-15(11-14)31-19-17-16(24)12-28(18(17)25-20(23)26-19)13-30-8-9-33(5,6)7/h12,14-15H,8-11,13H2,1-7H3/t14-,15-. The van der Waals surface area contributed by atoms with E-state index in [1.807, 2.05) is 31.5 Å². The highest BCUT2D eigenvalue weighted by Gasteiger charge is 2.38. The van der Waals surface area contributed by atoms with Crippen LogP contribution >= 0.6 is 34.2 Å². The van der Waals surface area contributed by atoms with Crippen LogP contribution in [0, 0.1) is 3.57 Å².